The number of anilines is 3. The van der Waals surface area contributed by atoms with E-state index >= 15 is 0 Å². The predicted octanol–water partition coefficient (Wildman–Crippen LogP) is 3.53. The van der Waals surface area contributed by atoms with E-state index in [1.807, 2.05) is 12.1 Å². The number of amides is 2. The fraction of sp³-hybridized carbons (Fsp3) is 0.263. The number of rotatable bonds is 6. The van der Waals surface area contributed by atoms with Gasteiger partial charge >= 0.3 is 0 Å². The second-order valence-electron chi connectivity index (χ2n) is 5.94. The molecule has 0 spiro atoms. The maximum absolute atomic E-state index is 12.2. The van der Waals surface area contributed by atoms with Crippen LogP contribution in [0.5, 0.6) is 5.75 Å². The van der Waals surface area contributed by atoms with Crippen molar-refractivity contribution < 1.29 is 14.3 Å². The summed E-state index contributed by atoms with van der Waals surface area (Å²) in [6.07, 6.45) is 1.48. The summed E-state index contributed by atoms with van der Waals surface area (Å²) in [6, 6.07) is 12.4. The lowest BCUT2D eigenvalue weighted by atomic mass is 10.2. The largest absolute Gasteiger partial charge is 0.495 e. The van der Waals surface area contributed by atoms with Gasteiger partial charge in [-0.1, -0.05) is 11.6 Å². The van der Waals surface area contributed by atoms with Gasteiger partial charge in [-0.05, 0) is 48.9 Å². The number of carbonyl (C=O) groups excluding carboxylic acids is 2. The first-order chi connectivity index (χ1) is 12.6. The monoisotopic (exact) mass is 373 g/mol. The zero-order valence-corrected chi connectivity index (χ0v) is 15.2. The number of nitrogens with zero attached hydrogens (tertiary/aromatic N) is 1. The summed E-state index contributed by atoms with van der Waals surface area (Å²) in [6.45, 7) is 0.818. The lowest BCUT2D eigenvalue weighted by Gasteiger charge is -2.16. The van der Waals surface area contributed by atoms with E-state index in [1.165, 1.54) is 0 Å². The molecule has 136 valence electrons. The lowest BCUT2D eigenvalue weighted by molar-refractivity contribution is -0.117. The van der Waals surface area contributed by atoms with E-state index < -0.39 is 0 Å². The summed E-state index contributed by atoms with van der Waals surface area (Å²) in [5.74, 6) is 0.556. The molecule has 1 saturated heterocycles. The van der Waals surface area contributed by atoms with Crippen molar-refractivity contribution in [1.29, 1.82) is 0 Å². The highest BCUT2D eigenvalue weighted by Gasteiger charge is 2.21. The summed E-state index contributed by atoms with van der Waals surface area (Å²) in [7, 11) is 1.56. The number of nitrogens with one attached hydrogen (secondary N) is 2. The SMILES string of the molecule is COc1ccc(Cl)cc1NCC(=O)Nc1ccc(N2CCCC2=O)cc1. The highest BCUT2D eigenvalue weighted by molar-refractivity contribution is 6.31. The van der Waals surface area contributed by atoms with Gasteiger partial charge < -0.3 is 20.3 Å². The molecule has 0 atom stereocenters. The summed E-state index contributed by atoms with van der Waals surface area (Å²) in [4.78, 5) is 25.7. The molecule has 0 radical (unpaired) electrons. The first-order valence-electron chi connectivity index (χ1n) is 8.34. The molecule has 0 aromatic heterocycles. The van der Waals surface area contributed by atoms with Crippen LogP contribution in [0.4, 0.5) is 17.1 Å². The van der Waals surface area contributed by atoms with Gasteiger partial charge in [0.25, 0.3) is 0 Å². The third-order valence-electron chi connectivity index (χ3n) is 4.14. The first kappa shape index (κ1) is 18.1. The summed E-state index contributed by atoms with van der Waals surface area (Å²) in [5, 5.41) is 6.38. The van der Waals surface area contributed by atoms with Crippen molar-refractivity contribution in [3.8, 4) is 5.75 Å². The van der Waals surface area contributed by atoms with Gasteiger partial charge in [-0.3, -0.25) is 9.59 Å². The van der Waals surface area contributed by atoms with Crippen molar-refractivity contribution in [3.63, 3.8) is 0 Å². The van der Waals surface area contributed by atoms with E-state index in [1.54, 1.807) is 42.3 Å². The predicted molar refractivity (Wildman–Crippen MR) is 103 cm³/mol. The third-order valence-corrected chi connectivity index (χ3v) is 4.37. The highest BCUT2D eigenvalue weighted by Crippen LogP contribution is 2.27. The van der Waals surface area contributed by atoms with Gasteiger partial charge in [0.05, 0.1) is 19.3 Å². The number of benzene rings is 2. The van der Waals surface area contributed by atoms with E-state index in [9.17, 15) is 9.59 Å². The molecule has 1 aliphatic rings. The van der Waals surface area contributed by atoms with Crippen molar-refractivity contribution in [1.82, 2.24) is 0 Å². The van der Waals surface area contributed by atoms with E-state index in [0.29, 0.717) is 28.6 Å². The minimum Gasteiger partial charge on any atom is -0.495 e. The molecule has 0 unspecified atom stereocenters. The van der Waals surface area contributed by atoms with E-state index in [2.05, 4.69) is 10.6 Å². The minimum atomic E-state index is -0.197. The normalized spacial score (nSPS) is 13.6. The zero-order chi connectivity index (χ0) is 18.5. The number of ether oxygens (including phenoxy) is 1. The Morgan fingerprint density at radius 1 is 1.23 bits per heavy atom. The molecule has 1 aliphatic heterocycles. The Labute approximate surface area is 157 Å². The molecule has 6 nitrogen and oxygen atoms in total. The quantitative estimate of drug-likeness (QED) is 0.812. The van der Waals surface area contributed by atoms with Gasteiger partial charge in [0.15, 0.2) is 0 Å². The molecule has 0 bridgehead atoms. The summed E-state index contributed by atoms with van der Waals surface area (Å²) >= 11 is 5.97. The fourth-order valence-electron chi connectivity index (χ4n) is 2.84. The molecular formula is C19H20ClN3O3. The summed E-state index contributed by atoms with van der Waals surface area (Å²) in [5.41, 5.74) is 2.18. The van der Waals surface area contributed by atoms with Gasteiger partial charge in [-0.25, -0.2) is 0 Å². The molecule has 3 rings (SSSR count). The summed E-state index contributed by atoms with van der Waals surface area (Å²) < 4.78 is 5.24. The standard InChI is InChI=1S/C19H20ClN3O3/c1-26-17-9-4-13(20)11-16(17)21-12-18(24)22-14-5-7-15(8-6-14)23-10-2-3-19(23)25/h4-9,11,21H,2-3,10,12H2,1H3,(H,22,24). The number of hydrogen-bond acceptors (Lipinski definition) is 4. The van der Waals surface area contributed by atoms with E-state index in [-0.39, 0.29) is 18.4 Å². The van der Waals surface area contributed by atoms with Crippen LogP contribution in [-0.2, 0) is 9.59 Å². The van der Waals surface area contributed by atoms with Gasteiger partial charge in [-0.15, -0.1) is 0 Å². The van der Waals surface area contributed by atoms with Gasteiger partial charge in [0.1, 0.15) is 5.75 Å². The molecule has 26 heavy (non-hydrogen) atoms. The molecular weight excluding hydrogens is 354 g/mol. The Hall–Kier alpha value is -2.73. The fourth-order valence-corrected chi connectivity index (χ4v) is 3.02. The average Bonchev–Trinajstić information content (AvgIpc) is 3.07. The van der Waals surface area contributed by atoms with Crippen molar-refractivity contribution >= 4 is 40.5 Å². The zero-order valence-electron chi connectivity index (χ0n) is 14.4. The average molecular weight is 374 g/mol. The van der Waals surface area contributed by atoms with Crippen LogP contribution in [0, 0.1) is 0 Å². The Bertz CT molecular complexity index is 808. The maximum atomic E-state index is 12.2. The van der Waals surface area contributed by atoms with Crippen LogP contribution in [0.3, 0.4) is 0 Å². The van der Waals surface area contributed by atoms with E-state index in [0.717, 1.165) is 18.7 Å². The van der Waals surface area contributed by atoms with Crippen LogP contribution in [0.25, 0.3) is 0 Å². The lowest BCUT2D eigenvalue weighted by Crippen LogP contribution is -2.24. The molecule has 2 N–H and O–H groups in total. The van der Waals surface area contributed by atoms with Crippen LogP contribution >= 0.6 is 11.6 Å². The number of carbonyl (C=O) groups is 2. The van der Waals surface area contributed by atoms with Crippen LogP contribution in [-0.4, -0.2) is 32.0 Å². The molecule has 7 heteroatoms. The smallest absolute Gasteiger partial charge is 0.243 e. The number of methoxy groups -OCH3 is 1. The third kappa shape index (κ3) is 4.26. The Kier molecular flexibility index (Phi) is 5.63. The van der Waals surface area contributed by atoms with Gasteiger partial charge in [-0.2, -0.15) is 0 Å². The van der Waals surface area contributed by atoms with Crippen LogP contribution < -0.4 is 20.3 Å². The minimum absolute atomic E-state index is 0.0725. The van der Waals surface area contributed by atoms with Crippen molar-refractivity contribution in [3.05, 3.63) is 47.5 Å². The molecule has 2 aromatic carbocycles. The Morgan fingerprint density at radius 2 is 2.00 bits per heavy atom. The van der Waals surface area contributed by atoms with Gasteiger partial charge in [0.2, 0.25) is 11.8 Å². The van der Waals surface area contributed by atoms with Crippen molar-refractivity contribution in [2.45, 2.75) is 12.8 Å². The maximum Gasteiger partial charge on any atom is 0.243 e. The molecule has 0 saturated carbocycles. The van der Waals surface area contributed by atoms with Crippen molar-refractivity contribution in [2.75, 3.05) is 35.7 Å². The van der Waals surface area contributed by atoms with Crippen LogP contribution in [0.1, 0.15) is 12.8 Å². The van der Waals surface area contributed by atoms with Crippen LogP contribution in [0.15, 0.2) is 42.5 Å². The Morgan fingerprint density at radius 3 is 2.65 bits per heavy atom. The van der Waals surface area contributed by atoms with Gasteiger partial charge in [0, 0.05) is 29.4 Å². The Balaban J connectivity index is 1.57. The topological polar surface area (TPSA) is 70.7 Å². The number of hydrogen-bond donors (Lipinski definition) is 2. The number of halogens is 1. The first-order valence-corrected chi connectivity index (χ1v) is 8.72. The second-order valence-corrected chi connectivity index (χ2v) is 6.38. The molecule has 2 amide bonds. The highest BCUT2D eigenvalue weighted by atomic mass is 35.5. The molecule has 2 aromatic rings. The molecule has 1 heterocycles. The van der Waals surface area contributed by atoms with Crippen LogP contribution in [0.2, 0.25) is 5.02 Å². The van der Waals surface area contributed by atoms with E-state index in [4.69, 9.17) is 16.3 Å². The second kappa shape index (κ2) is 8.10. The molecule has 0 aliphatic carbocycles. The molecule has 1 fully saturated rings. The van der Waals surface area contributed by atoms with Crippen molar-refractivity contribution in [2.24, 2.45) is 0 Å².